The summed E-state index contributed by atoms with van der Waals surface area (Å²) in [5, 5.41) is 1.18. The summed E-state index contributed by atoms with van der Waals surface area (Å²) in [5.41, 5.74) is 3.43. The number of rotatable bonds is 3. The minimum absolute atomic E-state index is 0.0156. The van der Waals surface area contributed by atoms with Crippen LogP contribution in [-0.4, -0.2) is 28.2 Å². The molecule has 1 aromatic carbocycles. The van der Waals surface area contributed by atoms with Gasteiger partial charge in [0.2, 0.25) is 11.8 Å². The first-order valence-corrected chi connectivity index (χ1v) is 8.23. The third-order valence-electron chi connectivity index (χ3n) is 5.21. The highest BCUT2D eigenvalue weighted by molar-refractivity contribution is 6.05. The van der Waals surface area contributed by atoms with Crippen LogP contribution >= 0.6 is 0 Å². The number of aryl methyl sites for hydroxylation is 1. The first-order valence-electron chi connectivity index (χ1n) is 8.23. The number of para-hydroxylation sites is 1. The molecule has 2 heterocycles. The van der Waals surface area contributed by atoms with E-state index in [1.54, 1.807) is 0 Å². The van der Waals surface area contributed by atoms with Crippen molar-refractivity contribution in [2.45, 2.75) is 26.2 Å². The van der Waals surface area contributed by atoms with E-state index >= 15 is 0 Å². The Morgan fingerprint density at radius 2 is 1.74 bits per heavy atom. The SMILES string of the molecule is Cc1[nH]c2ccccc2c1CCN1C(=O)[C@H]2CC=CC[C@@H]2C1=O. The molecule has 0 bridgehead atoms. The largest absolute Gasteiger partial charge is 0.358 e. The molecule has 1 N–H and O–H groups in total. The van der Waals surface area contributed by atoms with Crippen molar-refractivity contribution < 1.29 is 9.59 Å². The smallest absolute Gasteiger partial charge is 0.233 e. The number of H-pyrrole nitrogens is 1. The number of imide groups is 1. The Balaban J connectivity index is 1.56. The van der Waals surface area contributed by atoms with Crippen LogP contribution in [0.25, 0.3) is 10.9 Å². The molecule has 4 nitrogen and oxygen atoms in total. The number of likely N-dealkylation sites (tertiary alicyclic amines) is 1. The number of carbonyl (C=O) groups is 2. The van der Waals surface area contributed by atoms with Crippen LogP contribution in [0.1, 0.15) is 24.1 Å². The maximum Gasteiger partial charge on any atom is 0.233 e. The van der Waals surface area contributed by atoms with Crippen molar-refractivity contribution in [1.82, 2.24) is 9.88 Å². The molecule has 4 rings (SSSR count). The Hall–Kier alpha value is -2.36. The molecule has 2 aliphatic rings. The Morgan fingerprint density at radius 1 is 1.09 bits per heavy atom. The van der Waals surface area contributed by atoms with Crippen molar-refractivity contribution in [2.75, 3.05) is 6.54 Å². The quantitative estimate of drug-likeness (QED) is 0.700. The number of benzene rings is 1. The van der Waals surface area contributed by atoms with Crippen LogP contribution in [0.2, 0.25) is 0 Å². The molecular weight excluding hydrogens is 288 g/mol. The van der Waals surface area contributed by atoms with Gasteiger partial charge in [-0.05, 0) is 37.8 Å². The first kappa shape index (κ1) is 14.2. The number of aromatic amines is 1. The average molecular weight is 308 g/mol. The van der Waals surface area contributed by atoms with E-state index in [4.69, 9.17) is 0 Å². The van der Waals surface area contributed by atoms with Crippen molar-refractivity contribution >= 4 is 22.7 Å². The lowest BCUT2D eigenvalue weighted by atomic mass is 9.85. The van der Waals surface area contributed by atoms with E-state index in [2.05, 4.69) is 17.1 Å². The summed E-state index contributed by atoms with van der Waals surface area (Å²) in [5.74, 6) is -0.225. The molecule has 0 spiro atoms. The first-order chi connectivity index (χ1) is 11.2. The van der Waals surface area contributed by atoms with Gasteiger partial charge >= 0.3 is 0 Å². The number of carbonyl (C=O) groups excluding carboxylic acids is 2. The summed E-state index contributed by atoms with van der Waals surface area (Å²) in [7, 11) is 0. The molecular formula is C19H20N2O2. The molecule has 23 heavy (non-hydrogen) atoms. The van der Waals surface area contributed by atoms with E-state index in [-0.39, 0.29) is 23.7 Å². The van der Waals surface area contributed by atoms with Crippen LogP contribution in [0.3, 0.4) is 0 Å². The lowest BCUT2D eigenvalue weighted by molar-refractivity contribution is -0.139. The zero-order valence-electron chi connectivity index (χ0n) is 13.2. The molecule has 2 amide bonds. The fourth-order valence-corrected chi connectivity index (χ4v) is 3.97. The van der Waals surface area contributed by atoms with Crippen molar-refractivity contribution in [3.8, 4) is 0 Å². The summed E-state index contributed by atoms with van der Waals surface area (Å²) < 4.78 is 0. The standard InChI is InChI=1S/C19H20N2O2/c1-12-13(14-6-4-5-9-17(14)20-12)10-11-21-18(22)15-7-2-3-8-16(15)19(21)23/h2-6,9,15-16,20H,7-8,10-11H2,1H3/t15-,16-/m0/s1. The van der Waals surface area contributed by atoms with E-state index in [0.29, 0.717) is 25.8 Å². The van der Waals surface area contributed by atoms with Crippen molar-refractivity contribution in [3.05, 3.63) is 47.7 Å². The lowest BCUT2D eigenvalue weighted by Gasteiger charge is -2.14. The average Bonchev–Trinajstić information content (AvgIpc) is 3.01. The second kappa shape index (κ2) is 5.37. The molecule has 118 valence electrons. The number of nitrogens with one attached hydrogen (secondary N) is 1. The van der Waals surface area contributed by atoms with Gasteiger partial charge in [0, 0.05) is 23.1 Å². The molecule has 0 saturated carbocycles. The predicted octanol–water partition coefficient (Wildman–Crippen LogP) is 2.97. The molecule has 1 aliphatic carbocycles. The molecule has 0 radical (unpaired) electrons. The number of hydrogen-bond donors (Lipinski definition) is 1. The Kier molecular flexibility index (Phi) is 3.33. The molecule has 1 fully saturated rings. The number of allylic oxidation sites excluding steroid dienone is 2. The lowest BCUT2D eigenvalue weighted by Crippen LogP contribution is -2.33. The van der Waals surface area contributed by atoms with Gasteiger partial charge in [-0.3, -0.25) is 14.5 Å². The van der Waals surface area contributed by atoms with Gasteiger partial charge in [-0.15, -0.1) is 0 Å². The predicted molar refractivity (Wildman–Crippen MR) is 88.8 cm³/mol. The molecule has 1 aromatic heterocycles. The highest BCUT2D eigenvalue weighted by Gasteiger charge is 2.46. The topological polar surface area (TPSA) is 53.2 Å². The number of hydrogen-bond acceptors (Lipinski definition) is 2. The molecule has 2 aromatic rings. The van der Waals surface area contributed by atoms with E-state index < -0.39 is 0 Å². The maximum atomic E-state index is 12.5. The van der Waals surface area contributed by atoms with Crippen LogP contribution in [0.5, 0.6) is 0 Å². The third kappa shape index (κ3) is 2.21. The third-order valence-corrected chi connectivity index (χ3v) is 5.21. The number of aromatic nitrogens is 1. The monoisotopic (exact) mass is 308 g/mol. The van der Waals surface area contributed by atoms with Gasteiger partial charge in [0.25, 0.3) is 0 Å². The van der Waals surface area contributed by atoms with Crippen molar-refractivity contribution in [2.24, 2.45) is 11.8 Å². The Labute approximate surface area is 135 Å². The van der Waals surface area contributed by atoms with Crippen molar-refractivity contribution in [1.29, 1.82) is 0 Å². The van der Waals surface area contributed by atoms with Gasteiger partial charge in [-0.25, -0.2) is 0 Å². The zero-order chi connectivity index (χ0) is 16.0. The van der Waals surface area contributed by atoms with Crippen LogP contribution in [0, 0.1) is 18.8 Å². The van der Waals surface area contributed by atoms with Crippen LogP contribution in [0.15, 0.2) is 36.4 Å². The van der Waals surface area contributed by atoms with E-state index in [9.17, 15) is 9.59 Å². The fourth-order valence-electron chi connectivity index (χ4n) is 3.97. The molecule has 4 heteroatoms. The molecule has 2 atom stereocenters. The van der Waals surface area contributed by atoms with Gasteiger partial charge in [0.1, 0.15) is 0 Å². The summed E-state index contributed by atoms with van der Waals surface area (Å²) in [4.78, 5) is 29.9. The second-order valence-corrected chi connectivity index (χ2v) is 6.51. The summed E-state index contributed by atoms with van der Waals surface area (Å²) >= 11 is 0. The number of nitrogens with zero attached hydrogens (tertiary/aromatic N) is 1. The van der Waals surface area contributed by atoms with Crippen molar-refractivity contribution in [3.63, 3.8) is 0 Å². The maximum absolute atomic E-state index is 12.5. The Bertz CT molecular complexity index is 792. The zero-order valence-corrected chi connectivity index (χ0v) is 13.2. The highest BCUT2D eigenvalue weighted by atomic mass is 16.2. The summed E-state index contributed by atoms with van der Waals surface area (Å²) in [6.07, 6.45) is 6.18. The normalized spacial score (nSPS) is 23.8. The van der Waals surface area contributed by atoms with E-state index in [0.717, 1.165) is 11.2 Å². The second-order valence-electron chi connectivity index (χ2n) is 6.51. The number of fused-ring (bicyclic) bond motifs is 2. The van der Waals surface area contributed by atoms with Crippen LogP contribution in [0.4, 0.5) is 0 Å². The number of amides is 2. The van der Waals surface area contributed by atoms with Crippen LogP contribution in [-0.2, 0) is 16.0 Å². The fraction of sp³-hybridized carbons (Fsp3) is 0.368. The highest BCUT2D eigenvalue weighted by Crippen LogP contribution is 2.35. The minimum atomic E-state index is -0.128. The van der Waals surface area contributed by atoms with Crippen LogP contribution < -0.4 is 0 Å². The molecule has 0 unspecified atom stereocenters. The summed E-state index contributed by atoms with van der Waals surface area (Å²) in [6.45, 7) is 2.53. The van der Waals surface area contributed by atoms with E-state index in [1.807, 2.05) is 31.2 Å². The molecule has 1 saturated heterocycles. The van der Waals surface area contributed by atoms with Gasteiger partial charge < -0.3 is 4.98 Å². The van der Waals surface area contributed by atoms with Gasteiger partial charge in [0.15, 0.2) is 0 Å². The van der Waals surface area contributed by atoms with Gasteiger partial charge in [-0.2, -0.15) is 0 Å². The summed E-state index contributed by atoms with van der Waals surface area (Å²) in [6, 6.07) is 8.17. The Morgan fingerprint density at radius 3 is 2.43 bits per heavy atom. The van der Waals surface area contributed by atoms with Gasteiger partial charge in [0.05, 0.1) is 11.8 Å². The minimum Gasteiger partial charge on any atom is -0.358 e. The van der Waals surface area contributed by atoms with E-state index in [1.165, 1.54) is 15.8 Å². The molecule has 1 aliphatic heterocycles. The van der Waals surface area contributed by atoms with Gasteiger partial charge in [-0.1, -0.05) is 30.4 Å².